The Morgan fingerprint density at radius 2 is 1.67 bits per heavy atom. The molecule has 1 heterocycles. The van der Waals surface area contributed by atoms with Gasteiger partial charge in [-0.3, -0.25) is 4.90 Å². The zero-order valence-electron chi connectivity index (χ0n) is 15.3. The second-order valence-corrected chi connectivity index (χ2v) is 7.51. The van der Waals surface area contributed by atoms with Gasteiger partial charge < -0.3 is 19.5 Å². The van der Waals surface area contributed by atoms with Crippen LogP contribution in [-0.4, -0.2) is 59.6 Å². The van der Waals surface area contributed by atoms with Crippen LogP contribution in [0.5, 0.6) is 5.75 Å². The zero-order valence-corrected chi connectivity index (χ0v) is 15.3. The molecule has 0 amide bonds. The lowest BCUT2D eigenvalue weighted by atomic mass is 9.76. The van der Waals surface area contributed by atoms with E-state index in [1.807, 2.05) is 12.1 Å². The second kappa shape index (κ2) is 7.87. The van der Waals surface area contributed by atoms with Crippen LogP contribution in [0.4, 0.5) is 0 Å². The maximum atomic E-state index is 10.2. The molecule has 1 aliphatic rings. The van der Waals surface area contributed by atoms with Gasteiger partial charge in [-0.15, -0.1) is 0 Å². The Balaban J connectivity index is 1.84. The van der Waals surface area contributed by atoms with E-state index >= 15 is 0 Å². The van der Waals surface area contributed by atoms with Crippen LogP contribution in [0.3, 0.4) is 0 Å². The van der Waals surface area contributed by atoms with Crippen molar-refractivity contribution in [1.29, 1.82) is 0 Å². The summed E-state index contributed by atoms with van der Waals surface area (Å²) in [5.74, 6) is 0.784. The van der Waals surface area contributed by atoms with E-state index in [2.05, 4.69) is 4.90 Å². The van der Waals surface area contributed by atoms with E-state index in [0.29, 0.717) is 12.1 Å². The van der Waals surface area contributed by atoms with Crippen molar-refractivity contribution in [2.24, 2.45) is 0 Å². The molecular weight excluding hydrogens is 305 g/mol. The maximum absolute atomic E-state index is 10.2. The fraction of sp³-hybridized carbons (Fsp3) is 0.667. The number of ether oxygens (including phenoxy) is 1. The number of aliphatic hydroxyl groups is 1. The van der Waals surface area contributed by atoms with Gasteiger partial charge in [0.05, 0.1) is 11.2 Å². The highest BCUT2D eigenvalue weighted by atomic mass is 16.5. The Morgan fingerprint density at radius 1 is 1.08 bits per heavy atom. The van der Waals surface area contributed by atoms with Gasteiger partial charge in [0.15, 0.2) is 0 Å². The van der Waals surface area contributed by atoms with Crippen LogP contribution in [0, 0.1) is 0 Å². The smallest absolute Gasteiger partial charge is 0.491 e. The first kappa shape index (κ1) is 19.3. The predicted octanol–water partition coefficient (Wildman–Crippen LogP) is 1.41. The minimum absolute atomic E-state index is 0.638. The van der Waals surface area contributed by atoms with E-state index in [-0.39, 0.29) is 0 Å². The van der Waals surface area contributed by atoms with E-state index in [1.54, 1.807) is 39.8 Å². The molecule has 1 aromatic carbocycles. The summed E-state index contributed by atoms with van der Waals surface area (Å²) in [5.41, 5.74) is -1.30. The fourth-order valence-electron chi connectivity index (χ4n) is 2.52. The summed E-state index contributed by atoms with van der Waals surface area (Å²) in [6.45, 7) is 10.8. The molecule has 0 atom stereocenters. The van der Waals surface area contributed by atoms with Crippen molar-refractivity contribution in [2.75, 3.05) is 26.2 Å². The highest BCUT2D eigenvalue weighted by Crippen LogP contribution is 2.25. The molecule has 0 radical (unpaired) electrons. The summed E-state index contributed by atoms with van der Waals surface area (Å²) >= 11 is 0. The first-order valence-electron chi connectivity index (χ1n) is 8.72. The average molecular weight is 335 g/mol. The Hall–Kier alpha value is -1.08. The van der Waals surface area contributed by atoms with Gasteiger partial charge in [-0.2, -0.15) is 0 Å². The number of hydrogen-bond donors (Lipinski definition) is 2. The molecule has 1 fully saturated rings. The van der Waals surface area contributed by atoms with Crippen molar-refractivity contribution < 1.29 is 19.5 Å². The molecule has 6 heteroatoms. The van der Waals surface area contributed by atoms with Gasteiger partial charge in [0.25, 0.3) is 0 Å². The predicted molar refractivity (Wildman–Crippen MR) is 96.7 cm³/mol. The van der Waals surface area contributed by atoms with Gasteiger partial charge in [0.1, 0.15) is 12.4 Å². The number of nitrogens with zero attached hydrogens (tertiary/aromatic N) is 1. The zero-order chi connectivity index (χ0) is 17.8. The van der Waals surface area contributed by atoms with E-state index in [4.69, 9.17) is 9.39 Å². The van der Waals surface area contributed by atoms with Gasteiger partial charge in [0.2, 0.25) is 0 Å². The Labute approximate surface area is 145 Å². The van der Waals surface area contributed by atoms with Crippen molar-refractivity contribution in [1.82, 2.24) is 4.90 Å². The molecule has 2 N–H and O–H groups in total. The molecule has 0 aromatic heterocycles. The molecular formula is C18H30BNO4. The van der Waals surface area contributed by atoms with Crippen molar-refractivity contribution in [2.45, 2.75) is 51.7 Å². The van der Waals surface area contributed by atoms with Crippen LogP contribution in [0.1, 0.15) is 40.5 Å². The number of benzene rings is 1. The van der Waals surface area contributed by atoms with Crippen LogP contribution < -0.4 is 10.2 Å². The summed E-state index contributed by atoms with van der Waals surface area (Å²) in [5, 5.41) is 20.4. The first-order valence-corrected chi connectivity index (χ1v) is 8.72. The molecule has 5 nitrogen and oxygen atoms in total. The van der Waals surface area contributed by atoms with Crippen LogP contribution in [-0.2, 0) is 4.65 Å². The summed E-state index contributed by atoms with van der Waals surface area (Å²) < 4.78 is 11.4. The highest BCUT2D eigenvalue weighted by molar-refractivity contribution is 6.60. The number of hydrogen-bond acceptors (Lipinski definition) is 5. The van der Waals surface area contributed by atoms with Crippen LogP contribution >= 0.6 is 0 Å². The lowest BCUT2D eigenvalue weighted by Crippen LogP contribution is -2.53. The molecule has 0 bridgehead atoms. The van der Waals surface area contributed by atoms with Crippen molar-refractivity contribution in [3.63, 3.8) is 0 Å². The number of rotatable bonds is 8. The van der Waals surface area contributed by atoms with E-state index in [1.165, 1.54) is 25.9 Å². The van der Waals surface area contributed by atoms with Gasteiger partial charge in [0, 0.05) is 6.54 Å². The van der Waals surface area contributed by atoms with Crippen LogP contribution in [0.2, 0.25) is 0 Å². The molecule has 1 saturated heterocycles. The standard InChI is InChI=1S/C18H30BNO4/c1-17(2,21)18(3,4)24-19(22)15-7-9-16(10-8-15)23-14-13-20-11-5-6-12-20/h7-10,21-22H,5-6,11-14H2,1-4H3. The van der Waals surface area contributed by atoms with Gasteiger partial charge in [-0.05, 0) is 71.2 Å². The summed E-state index contributed by atoms with van der Waals surface area (Å²) in [7, 11) is -1.09. The first-order chi connectivity index (χ1) is 11.2. The van der Waals surface area contributed by atoms with Crippen LogP contribution in [0.25, 0.3) is 0 Å². The average Bonchev–Trinajstić information content (AvgIpc) is 2.99. The monoisotopic (exact) mass is 335 g/mol. The quantitative estimate of drug-likeness (QED) is 0.704. The van der Waals surface area contributed by atoms with E-state index in [9.17, 15) is 10.1 Å². The van der Waals surface area contributed by atoms with Crippen LogP contribution in [0.15, 0.2) is 24.3 Å². The Morgan fingerprint density at radius 3 is 2.21 bits per heavy atom. The molecule has 24 heavy (non-hydrogen) atoms. The minimum Gasteiger partial charge on any atom is -0.492 e. The van der Waals surface area contributed by atoms with Crippen molar-refractivity contribution in [3.8, 4) is 5.75 Å². The largest absolute Gasteiger partial charge is 0.492 e. The molecule has 1 aliphatic heterocycles. The van der Waals surface area contributed by atoms with E-state index < -0.39 is 18.3 Å². The molecule has 0 spiro atoms. The lowest BCUT2D eigenvalue weighted by molar-refractivity contribution is -0.0982. The highest BCUT2D eigenvalue weighted by Gasteiger charge is 2.39. The van der Waals surface area contributed by atoms with Crippen molar-refractivity contribution >= 4 is 12.6 Å². The third kappa shape index (κ3) is 5.21. The molecule has 1 aromatic rings. The van der Waals surface area contributed by atoms with Gasteiger partial charge in [-0.1, -0.05) is 12.1 Å². The molecule has 0 saturated carbocycles. The molecule has 2 rings (SSSR count). The topological polar surface area (TPSA) is 62.2 Å². The minimum atomic E-state index is -1.09. The van der Waals surface area contributed by atoms with E-state index in [0.717, 1.165) is 12.3 Å². The third-order valence-corrected chi connectivity index (χ3v) is 4.92. The second-order valence-electron chi connectivity index (χ2n) is 7.51. The molecule has 134 valence electrons. The summed E-state index contributed by atoms with van der Waals surface area (Å²) in [6.07, 6.45) is 2.57. The summed E-state index contributed by atoms with van der Waals surface area (Å²) in [4.78, 5) is 2.41. The normalized spacial score (nSPS) is 16.4. The third-order valence-electron chi connectivity index (χ3n) is 4.92. The van der Waals surface area contributed by atoms with Gasteiger partial charge in [-0.25, -0.2) is 0 Å². The van der Waals surface area contributed by atoms with Crippen molar-refractivity contribution in [3.05, 3.63) is 24.3 Å². The lowest BCUT2D eigenvalue weighted by Gasteiger charge is -2.38. The SMILES string of the molecule is CC(C)(O)C(C)(C)OB(O)c1ccc(OCCN2CCCC2)cc1. The maximum Gasteiger partial charge on any atom is 0.491 e. The number of likely N-dealkylation sites (tertiary alicyclic amines) is 1. The fourth-order valence-corrected chi connectivity index (χ4v) is 2.52. The molecule has 0 aliphatic carbocycles. The molecule has 0 unspecified atom stereocenters. The Bertz CT molecular complexity index is 507. The Kier molecular flexibility index (Phi) is 6.31. The van der Waals surface area contributed by atoms with Gasteiger partial charge >= 0.3 is 7.12 Å². The summed E-state index contributed by atoms with van der Waals surface area (Å²) in [6, 6.07) is 7.25.